The second kappa shape index (κ2) is 4.50. The van der Waals surface area contributed by atoms with Crippen molar-refractivity contribution in [2.75, 3.05) is 0 Å². The fraction of sp³-hybridized carbons (Fsp3) is 0.357. The van der Waals surface area contributed by atoms with Crippen LogP contribution in [0.3, 0.4) is 0 Å². The van der Waals surface area contributed by atoms with Gasteiger partial charge in [0.2, 0.25) is 0 Å². The summed E-state index contributed by atoms with van der Waals surface area (Å²) in [5.41, 5.74) is 0.644. The van der Waals surface area contributed by atoms with E-state index in [-0.39, 0.29) is 5.57 Å². The topological polar surface area (TPSA) is 65.5 Å². The predicted octanol–water partition coefficient (Wildman–Crippen LogP) is 1.84. The number of carbonyl (C=O) groups is 2. The predicted molar refractivity (Wildman–Crippen MR) is 65.6 cm³/mol. The number of nitrogens with zero attached hydrogens (tertiary/aromatic N) is 1. The molecular weight excluding hydrogens is 246 g/mol. The van der Waals surface area contributed by atoms with E-state index in [2.05, 4.69) is 4.98 Å². The first-order valence-corrected chi connectivity index (χ1v) is 6.27. The lowest BCUT2D eigenvalue weighted by Crippen LogP contribution is -2.44. The highest BCUT2D eigenvalue weighted by Gasteiger charge is 2.47. The molecule has 0 atom stereocenters. The minimum atomic E-state index is -1.01. The fourth-order valence-electron chi connectivity index (χ4n) is 2.41. The minimum Gasteiger partial charge on any atom is -0.419 e. The van der Waals surface area contributed by atoms with E-state index in [0.717, 1.165) is 12.8 Å². The molecule has 1 aliphatic carbocycles. The van der Waals surface area contributed by atoms with Crippen molar-refractivity contribution in [3.63, 3.8) is 0 Å². The average Bonchev–Trinajstić information content (AvgIpc) is 2.83. The largest absolute Gasteiger partial charge is 0.419 e. The summed E-state index contributed by atoms with van der Waals surface area (Å²) >= 11 is 0. The van der Waals surface area contributed by atoms with Gasteiger partial charge in [-0.3, -0.25) is 4.98 Å². The Balaban J connectivity index is 1.87. The van der Waals surface area contributed by atoms with E-state index in [0.29, 0.717) is 18.4 Å². The van der Waals surface area contributed by atoms with Crippen LogP contribution in [0, 0.1) is 0 Å². The molecule has 5 nitrogen and oxygen atoms in total. The molecule has 0 bridgehead atoms. The van der Waals surface area contributed by atoms with Crippen molar-refractivity contribution in [3.8, 4) is 0 Å². The summed E-state index contributed by atoms with van der Waals surface area (Å²) < 4.78 is 10.6. The van der Waals surface area contributed by atoms with Crippen molar-refractivity contribution in [1.29, 1.82) is 0 Å². The van der Waals surface area contributed by atoms with E-state index < -0.39 is 17.7 Å². The maximum absolute atomic E-state index is 12.0. The first-order chi connectivity index (χ1) is 9.19. The number of hydrogen-bond acceptors (Lipinski definition) is 5. The Morgan fingerprint density at radius 3 is 2.21 bits per heavy atom. The number of rotatable bonds is 1. The molecule has 0 aromatic carbocycles. The van der Waals surface area contributed by atoms with Crippen molar-refractivity contribution in [2.45, 2.75) is 31.5 Å². The Kier molecular flexibility index (Phi) is 2.81. The number of hydrogen-bond donors (Lipinski definition) is 0. The summed E-state index contributed by atoms with van der Waals surface area (Å²) in [7, 11) is 0. The van der Waals surface area contributed by atoms with Gasteiger partial charge in [0.05, 0.1) is 0 Å². The van der Waals surface area contributed by atoms with Gasteiger partial charge < -0.3 is 9.47 Å². The number of carbonyl (C=O) groups excluding carboxylic acids is 2. The molecule has 0 radical (unpaired) electrons. The molecule has 2 heterocycles. The van der Waals surface area contributed by atoms with Gasteiger partial charge in [-0.25, -0.2) is 9.59 Å². The maximum Gasteiger partial charge on any atom is 0.348 e. The normalized spacial score (nSPS) is 21.2. The summed E-state index contributed by atoms with van der Waals surface area (Å²) in [6.07, 6.45) is 7.64. The first kappa shape index (κ1) is 11.9. The van der Waals surface area contributed by atoms with Gasteiger partial charge in [-0.2, -0.15) is 0 Å². The molecule has 5 heteroatoms. The third-order valence-electron chi connectivity index (χ3n) is 3.38. The third-order valence-corrected chi connectivity index (χ3v) is 3.38. The van der Waals surface area contributed by atoms with E-state index in [1.165, 1.54) is 6.08 Å². The maximum atomic E-state index is 12.0. The molecule has 2 fully saturated rings. The van der Waals surface area contributed by atoms with E-state index in [4.69, 9.17) is 9.47 Å². The molecule has 98 valence electrons. The number of pyridine rings is 1. The second-order valence-corrected chi connectivity index (χ2v) is 4.74. The molecule has 19 heavy (non-hydrogen) atoms. The minimum absolute atomic E-state index is 0.0660. The van der Waals surface area contributed by atoms with Crippen LogP contribution in [-0.2, 0) is 19.1 Å². The van der Waals surface area contributed by atoms with E-state index >= 15 is 0 Å². The average molecular weight is 259 g/mol. The Labute approximate surface area is 110 Å². The standard InChI is InChI=1S/C14H13NO4/c16-12-11(9-10-3-7-15-8-4-10)13(17)19-14(18-12)5-1-2-6-14/h3-4,7-9H,1-2,5-6H2. The summed E-state index contributed by atoms with van der Waals surface area (Å²) in [4.78, 5) is 27.8. The molecule has 1 spiro atoms. The Hall–Kier alpha value is -2.17. The molecule has 2 aliphatic rings. The zero-order valence-electron chi connectivity index (χ0n) is 10.3. The molecule has 0 unspecified atom stereocenters. The summed E-state index contributed by atoms with van der Waals surface area (Å²) in [6, 6.07) is 3.40. The van der Waals surface area contributed by atoms with Gasteiger partial charge >= 0.3 is 11.9 Å². The summed E-state index contributed by atoms with van der Waals surface area (Å²) in [5, 5.41) is 0. The lowest BCUT2D eigenvalue weighted by Gasteiger charge is -2.32. The molecule has 1 aromatic heterocycles. The molecular formula is C14H13NO4. The van der Waals surface area contributed by atoms with Crippen LogP contribution in [0.4, 0.5) is 0 Å². The zero-order valence-corrected chi connectivity index (χ0v) is 10.3. The van der Waals surface area contributed by atoms with Crippen LogP contribution in [0.25, 0.3) is 6.08 Å². The van der Waals surface area contributed by atoms with Gasteiger partial charge in [0.15, 0.2) is 0 Å². The highest BCUT2D eigenvalue weighted by atomic mass is 16.7. The van der Waals surface area contributed by atoms with E-state index in [9.17, 15) is 9.59 Å². The molecule has 1 aromatic rings. The Bertz CT molecular complexity index is 522. The van der Waals surface area contributed by atoms with Gasteiger partial charge in [0.1, 0.15) is 5.57 Å². The van der Waals surface area contributed by atoms with Gasteiger partial charge in [-0.1, -0.05) is 0 Å². The molecule has 1 saturated heterocycles. The smallest absolute Gasteiger partial charge is 0.348 e. The van der Waals surface area contributed by atoms with Gasteiger partial charge in [-0.15, -0.1) is 0 Å². The summed E-state index contributed by atoms with van der Waals surface area (Å²) in [6.45, 7) is 0. The van der Waals surface area contributed by atoms with Crippen LogP contribution in [0.2, 0.25) is 0 Å². The fourth-order valence-corrected chi connectivity index (χ4v) is 2.41. The van der Waals surface area contributed by atoms with Gasteiger partial charge in [-0.05, 0) is 36.6 Å². The number of aromatic nitrogens is 1. The number of ether oxygens (including phenoxy) is 2. The third kappa shape index (κ3) is 2.23. The highest BCUT2D eigenvalue weighted by Crippen LogP contribution is 2.38. The van der Waals surface area contributed by atoms with Crippen LogP contribution in [0.15, 0.2) is 30.1 Å². The molecule has 1 aliphatic heterocycles. The Morgan fingerprint density at radius 1 is 1.05 bits per heavy atom. The van der Waals surface area contributed by atoms with Gasteiger partial charge in [0.25, 0.3) is 5.79 Å². The van der Waals surface area contributed by atoms with Crippen LogP contribution in [-0.4, -0.2) is 22.7 Å². The molecule has 0 amide bonds. The lowest BCUT2D eigenvalue weighted by atomic mass is 10.1. The van der Waals surface area contributed by atoms with E-state index in [1.807, 2.05) is 0 Å². The monoisotopic (exact) mass is 259 g/mol. The van der Waals surface area contributed by atoms with Crippen LogP contribution < -0.4 is 0 Å². The first-order valence-electron chi connectivity index (χ1n) is 6.27. The van der Waals surface area contributed by atoms with Crippen LogP contribution in [0.1, 0.15) is 31.2 Å². The van der Waals surface area contributed by atoms with Crippen LogP contribution >= 0.6 is 0 Å². The lowest BCUT2D eigenvalue weighted by molar-refractivity contribution is -0.232. The van der Waals surface area contributed by atoms with Crippen molar-refractivity contribution < 1.29 is 19.1 Å². The summed E-state index contributed by atoms with van der Waals surface area (Å²) in [5.74, 6) is -2.21. The SMILES string of the molecule is O=C1OC2(CCCC2)OC(=O)C1=Cc1ccncc1. The van der Waals surface area contributed by atoms with Crippen molar-refractivity contribution in [1.82, 2.24) is 4.98 Å². The van der Waals surface area contributed by atoms with Crippen molar-refractivity contribution >= 4 is 18.0 Å². The highest BCUT2D eigenvalue weighted by molar-refractivity contribution is 6.18. The molecule has 1 saturated carbocycles. The second-order valence-electron chi connectivity index (χ2n) is 4.74. The van der Waals surface area contributed by atoms with Crippen molar-refractivity contribution in [3.05, 3.63) is 35.7 Å². The molecule has 0 N–H and O–H groups in total. The quantitative estimate of drug-likeness (QED) is 0.437. The van der Waals surface area contributed by atoms with Crippen molar-refractivity contribution in [2.24, 2.45) is 0 Å². The van der Waals surface area contributed by atoms with Gasteiger partial charge in [0, 0.05) is 25.2 Å². The van der Waals surface area contributed by atoms with E-state index in [1.54, 1.807) is 24.5 Å². The Morgan fingerprint density at radius 2 is 1.63 bits per heavy atom. The molecule has 3 rings (SSSR count). The number of esters is 2. The van der Waals surface area contributed by atoms with Crippen LogP contribution in [0.5, 0.6) is 0 Å². The zero-order chi connectivity index (χ0) is 13.3.